The molecule has 1 amide bonds. The minimum atomic E-state index is -3.88. The molecule has 176 valence electrons. The lowest BCUT2D eigenvalue weighted by Gasteiger charge is -2.15. The number of halogens is 2. The summed E-state index contributed by atoms with van der Waals surface area (Å²) >= 11 is 0. The number of pyridine rings is 1. The van der Waals surface area contributed by atoms with Crippen molar-refractivity contribution in [3.63, 3.8) is 0 Å². The highest BCUT2D eigenvalue weighted by Crippen LogP contribution is 2.28. The van der Waals surface area contributed by atoms with Gasteiger partial charge < -0.3 is 14.5 Å². The molecule has 4 aromatic rings. The van der Waals surface area contributed by atoms with Crippen molar-refractivity contribution in [3.05, 3.63) is 77.8 Å². The molecule has 4 rings (SSSR count). The van der Waals surface area contributed by atoms with Gasteiger partial charge in [0.15, 0.2) is 23.1 Å². The van der Waals surface area contributed by atoms with E-state index in [9.17, 15) is 22.0 Å². The number of nitrogens with one attached hydrogen (secondary N) is 2. The lowest BCUT2D eigenvalue weighted by atomic mass is 10.1. The molecule has 2 heterocycles. The van der Waals surface area contributed by atoms with E-state index in [1.807, 2.05) is 12.1 Å². The highest BCUT2D eigenvalue weighted by Gasteiger charge is 2.21. The van der Waals surface area contributed by atoms with Crippen molar-refractivity contribution in [2.24, 2.45) is 0 Å². The molecule has 2 N–H and O–H groups in total. The van der Waals surface area contributed by atoms with Crippen molar-refractivity contribution in [1.82, 2.24) is 15.3 Å². The fourth-order valence-electron chi connectivity index (χ4n) is 3.14. The normalized spacial score (nSPS) is 12.4. The number of ether oxygens (including phenoxy) is 1. The van der Waals surface area contributed by atoms with Crippen molar-refractivity contribution in [1.29, 1.82) is 0 Å². The average Bonchev–Trinajstić information content (AvgIpc) is 3.24. The fraction of sp³-hybridized carbons (Fsp3) is 0.136. The number of hydrogen-bond donors (Lipinski definition) is 2. The molecule has 12 heteroatoms. The molecule has 9 nitrogen and oxygen atoms in total. The number of benzene rings is 2. The second kappa shape index (κ2) is 9.06. The minimum absolute atomic E-state index is 0.0733. The molecule has 2 aromatic carbocycles. The predicted molar refractivity (Wildman–Crippen MR) is 119 cm³/mol. The largest absolute Gasteiger partial charge is 0.416 e. The van der Waals surface area contributed by atoms with Crippen LogP contribution < -0.4 is 14.8 Å². The molecule has 1 unspecified atom stereocenters. The van der Waals surface area contributed by atoms with Crippen LogP contribution in [0, 0.1) is 11.6 Å². The Balaban J connectivity index is 1.47. The Morgan fingerprint density at radius 1 is 1.15 bits per heavy atom. The van der Waals surface area contributed by atoms with Crippen molar-refractivity contribution >= 4 is 32.5 Å². The number of para-hydroxylation sites is 1. The van der Waals surface area contributed by atoms with Crippen LogP contribution >= 0.6 is 0 Å². The lowest BCUT2D eigenvalue weighted by Crippen LogP contribution is -2.27. The van der Waals surface area contributed by atoms with E-state index in [2.05, 4.69) is 15.3 Å². The lowest BCUT2D eigenvalue weighted by molar-refractivity contribution is 0.0934. The molecule has 0 aliphatic rings. The van der Waals surface area contributed by atoms with E-state index in [-0.39, 0.29) is 17.3 Å². The monoisotopic (exact) mass is 488 g/mol. The number of fused-ring (bicyclic) bond motifs is 1. The van der Waals surface area contributed by atoms with Gasteiger partial charge >= 0.3 is 6.08 Å². The first kappa shape index (κ1) is 23.1. The quantitative estimate of drug-likeness (QED) is 0.400. The van der Waals surface area contributed by atoms with Crippen LogP contribution in [-0.2, 0) is 10.0 Å². The summed E-state index contributed by atoms with van der Waals surface area (Å²) < 4.78 is 63.7. The maximum atomic E-state index is 14.3. The Morgan fingerprint density at radius 3 is 2.56 bits per heavy atom. The summed E-state index contributed by atoms with van der Waals surface area (Å²) in [4.78, 5) is 20.8. The topological polar surface area (TPSA) is 123 Å². The summed E-state index contributed by atoms with van der Waals surface area (Å²) in [6.45, 7) is 1.50. The van der Waals surface area contributed by atoms with Gasteiger partial charge in [-0.05, 0) is 36.8 Å². The molecule has 1 atom stereocenters. The van der Waals surface area contributed by atoms with Gasteiger partial charge in [-0.1, -0.05) is 18.2 Å². The number of carbonyl (C=O) groups excluding carboxylic acids is 1. The summed E-state index contributed by atoms with van der Waals surface area (Å²) in [5.41, 5.74) is -0.262. The first-order valence-electron chi connectivity index (χ1n) is 9.85. The predicted octanol–water partition coefficient (Wildman–Crippen LogP) is 4.16. The van der Waals surface area contributed by atoms with Gasteiger partial charge in [-0.25, -0.2) is 17.2 Å². The highest BCUT2D eigenvalue weighted by molar-refractivity contribution is 7.92. The van der Waals surface area contributed by atoms with Crippen LogP contribution in [0.3, 0.4) is 0 Å². The molecule has 34 heavy (non-hydrogen) atoms. The molecule has 0 radical (unpaired) electrons. The molecule has 0 bridgehead atoms. The zero-order valence-electron chi connectivity index (χ0n) is 17.9. The highest BCUT2D eigenvalue weighted by atomic mass is 32.2. The van der Waals surface area contributed by atoms with Gasteiger partial charge in [-0.2, -0.15) is 4.98 Å². The van der Waals surface area contributed by atoms with E-state index < -0.39 is 39.3 Å². The zero-order chi connectivity index (χ0) is 24.5. The van der Waals surface area contributed by atoms with E-state index in [0.717, 1.165) is 30.0 Å². The summed E-state index contributed by atoms with van der Waals surface area (Å²) in [7, 11) is -3.88. The molecule has 0 fully saturated rings. The standard InChI is InChI=1S/C22H18F2N4O5S/c1-12(14-9-15(23)20(16(24)10-14)28-34(2,30)31)26-21(29)17-11-32-22(27-17)33-18-7-3-5-13-6-4-8-25-19(13)18/h3-12,28H,1-2H3,(H,26,29). The number of anilines is 1. The van der Waals surface area contributed by atoms with Gasteiger partial charge in [0.2, 0.25) is 10.0 Å². The van der Waals surface area contributed by atoms with Crippen molar-refractivity contribution in [2.45, 2.75) is 13.0 Å². The Kier molecular flexibility index (Phi) is 6.16. The van der Waals surface area contributed by atoms with Crippen LogP contribution in [0.2, 0.25) is 0 Å². The minimum Gasteiger partial charge on any atom is -0.416 e. The second-order valence-corrected chi connectivity index (χ2v) is 9.11. The third-order valence-corrected chi connectivity index (χ3v) is 5.28. The maximum absolute atomic E-state index is 14.3. The van der Waals surface area contributed by atoms with Crippen LogP contribution in [0.25, 0.3) is 10.9 Å². The second-order valence-electron chi connectivity index (χ2n) is 7.36. The number of oxazole rings is 1. The van der Waals surface area contributed by atoms with Crippen molar-refractivity contribution in [2.75, 3.05) is 11.0 Å². The van der Waals surface area contributed by atoms with Crippen LogP contribution in [0.4, 0.5) is 14.5 Å². The zero-order valence-corrected chi connectivity index (χ0v) is 18.7. The number of rotatable bonds is 7. The van der Waals surface area contributed by atoms with E-state index in [1.165, 1.54) is 6.92 Å². The number of hydrogen-bond acceptors (Lipinski definition) is 7. The van der Waals surface area contributed by atoms with Gasteiger partial charge in [-0.3, -0.25) is 14.5 Å². The molecule has 0 aliphatic heterocycles. The fourth-order valence-corrected chi connectivity index (χ4v) is 3.71. The number of sulfonamides is 1. The van der Waals surface area contributed by atoms with Gasteiger partial charge in [0.1, 0.15) is 17.5 Å². The van der Waals surface area contributed by atoms with Crippen molar-refractivity contribution < 1.29 is 31.1 Å². The summed E-state index contributed by atoms with van der Waals surface area (Å²) in [5, 5.41) is 3.38. The number of aromatic nitrogens is 2. The van der Waals surface area contributed by atoms with Crippen LogP contribution in [0.1, 0.15) is 29.0 Å². The molecular weight excluding hydrogens is 470 g/mol. The van der Waals surface area contributed by atoms with Gasteiger partial charge in [0, 0.05) is 11.6 Å². The van der Waals surface area contributed by atoms with E-state index in [4.69, 9.17) is 9.15 Å². The molecule has 2 aromatic heterocycles. The smallest absolute Gasteiger partial charge is 0.399 e. The molecule has 0 aliphatic carbocycles. The van der Waals surface area contributed by atoms with Gasteiger partial charge in [0.25, 0.3) is 5.91 Å². The maximum Gasteiger partial charge on any atom is 0.399 e. The van der Waals surface area contributed by atoms with Crippen molar-refractivity contribution in [3.8, 4) is 11.8 Å². The van der Waals surface area contributed by atoms with E-state index in [0.29, 0.717) is 11.3 Å². The molecule has 0 saturated heterocycles. The SMILES string of the molecule is CC(NC(=O)c1coc(Oc2cccc3cccnc23)n1)c1cc(F)c(NS(C)(=O)=O)c(F)c1. The Hall–Kier alpha value is -4.06. The van der Waals surface area contributed by atoms with Crippen LogP contribution in [-0.4, -0.2) is 30.5 Å². The summed E-state index contributed by atoms with van der Waals surface area (Å²) in [6.07, 6.45) is 3.27. The Labute approximate surface area is 192 Å². The Bertz CT molecular complexity index is 1460. The number of nitrogens with zero attached hydrogens (tertiary/aromatic N) is 2. The number of amides is 1. The molecule has 0 spiro atoms. The Morgan fingerprint density at radius 2 is 1.85 bits per heavy atom. The van der Waals surface area contributed by atoms with Crippen LogP contribution in [0.5, 0.6) is 11.8 Å². The third-order valence-electron chi connectivity index (χ3n) is 4.71. The third kappa shape index (κ3) is 5.12. The average molecular weight is 488 g/mol. The first-order chi connectivity index (χ1) is 16.1. The first-order valence-corrected chi connectivity index (χ1v) is 11.7. The van der Waals surface area contributed by atoms with Gasteiger partial charge in [0.05, 0.1) is 12.3 Å². The molecular formula is C22H18F2N4O5S. The summed E-state index contributed by atoms with van der Waals surface area (Å²) in [5.74, 6) is -2.54. The summed E-state index contributed by atoms with van der Waals surface area (Å²) in [6, 6.07) is 9.96. The van der Waals surface area contributed by atoms with E-state index >= 15 is 0 Å². The van der Waals surface area contributed by atoms with E-state index in [1.54, 1.807) is 29.1 Å². The molecule has 0 saturated carbocycles. The van der Waals surface area contributed by atoms with Gasteiger partial charge in [-0.15, -0.1) is 0 Å². The van der Waals surface area contributed by atoms with Crippen LogP contribution in [0.15, 0.2) is 59.3 Å². The number of carbonyl (C=O) groups is 1.